The lowest BCUT2D eigenvalue weighted by Crippen LogP contribution is -1.72. The second kappa shape index (κ2) is 3.76. The molecule has 0 bridgehead atoms. The number of hydrogen-bond donors (Lipinski definition) is 0. The molecule has 0 heterocycles. The Morgan fingerprint density at radius 1 is 1.55 bits per heavy atom. The van der Waals surface area contributed by atoms with E-state index in [-0.39, 0.29) is 0 Å². The first-order chi connectivity index (χ1) is 5.36. The number of rotatable bonds is 2. The maximum absolute atomic E-state index is 9.81. The Hall–Kier alpha value is -1.31. The number of aliphatic imine (C=N–C) groups is 1. The molecule has 1 rings (SSSR count). The van der Waals surface area contributed by atoms with E-state index in [0.717, 1.165) is 0 Å². The third kappa shape index (κ3) is 2.08. The van der Waals surface area contributed by atoms with E-state index >= 15 is 0 Å². The smallest absolute Gasteiger partial charge is 0.240 e. The summed E-state index contributed by atoms with van der Waals surface area (Å²) in [6, 6.07) is 6.49. The van der Waals surface area contributed by atoms with Crippen molar-refractivity contribution in [3.8, 4) is 5.75 Å². The zero-order valence-electron chi connectivity index (χ0n) is 5.45. The molecule has 0 saturated heterocycles. The van der Waals surface area contributed by atoms with Crippen molar-refractivity contribution in [2.24, 2.45) is 4.99 Å². The fourth-order valence-corrected chi connectivity index (χ4v) is 0.750. The van der Waals surface area contributed by atoms with E-state index in [1.165, 1.54) is 12.1 Å². The summed E-state index contributed by atoms with van der Waals surface area (Å²) in [5.41, 5.74) is 0.471. The largest absolute Gasteiger partial charge is 0.386 e. The molecule has 56 valence electrons. The van der Waals surface area contributed by atoms with E-state index in [1.54, 1.807) is 18.2 Å². The highest BCUT2D eigenvalue weighted by Crippen LogP contribution is 2.19. The van der Waals surface area contributed by atoms with Crippen molar-refractivity contribution in [2.45, 2.75) is 0 Å². The summed E-state index contributed by atoms with van der Waals surface area (Å²) in [6.07, 6.45) is 1.41. The normalized spacial score (nSPS) is 8.45. The minimum atomic E-state index is 0.447. The zero-order chi connectivity index (χ0) is 8.10. The van der Waals surface area contributed by atoms with E-state index in [2.05, 4.69) is 9.28 Å². The summed E-state index contributed by atoms with van der Waals surface area (Å²) < 4.78 is 4.38. The van der Waals surface area contributed by atoms with Crippen molar-refractivity contribution in [3.05, 3.63) is 24.3 Å². The van der Waals surface area contributed by atoms with E-state index in [9.17, 15) is 4.79 Å². The van der Waals surface area contributed by atoms with Gasteiger partial charge in [0.1, 0.15) is 17.6 Å². The topological polar surface area (TPSA) is 38.7 Å². The second-order valence-electron chi connectivity index (χ2n) is 1.78. The number of carbonyl (C=O) groups excluding carboxylic acids is 1. The van der Waals surface area contributed by atoms with E-state index in [0.29, 0.717) is 11.4 Å². The number of benzene rings is 1. The molecular weight excluding hydrogens is 166 g/mol. The van der Waals surface area contributed by atoms with Crippen molar-refractivity contribution in [3.63, 3.8) is 0 Å². The number of halogens is 1. The van der Waals surface area contributed by atoms with Crippen LogP contribution in [0.4, 0.5) is 5.69 Å². The van der Waals surface area contributed by atoms with E-state index in [4.69, 9.17) is 11.9 Å². The highest BCUT2D eigenvalue weighted by Gasteiger charge is 1.92. The Morgan fingerprint density at radius 3 is 3.00 bits per heavy atom. The van der Waals surface area contributed by atoms with Crippen LogP contribution >= 0.6 is 11.9 Å². The van der Waals surface area contributed by atoms with Gasteiger partial charge in [-0.1, -0.05) is 6.07 Å². The van der Waals surface area contributed by atoms with Gasteiger partial charge in [0.05, 0.1) is 5.69 Å². The number of isocyanates is 1. The first-order valence-corrected chi connectivity index (χ1v) is 3.14. The Labute approximate surface area is 68.4 Å². The predicted molar refractivity (Wildman–Crippen MR) is 40.7 cm³/mol. The van der Waals surface area contributed by atoms with Crippen molar-refractivity contribution >= 4 is 23.6 Å². The lowest BCUT2D eigenvalue weighted by molar-refractivity contribution is 0.565. The van der Waals surface area contributed by atoms with Crippen molar-refractivity contribution in [1.82, 2.24) is 0 Å². The monoisotopic (exact) mass is 169 g/mol. The van der Waals surface area contributed by atoms with Gasteiger partial charge in [-0.25, -0.2) is 4.79 Å². The van der Waals surface area contributed by atoms with Crippen LogP contribution in [0.1, 0.15) is 0 Å². The number of nitrogens with zero attached hydrogens (tertiary/aromatic N) is 1. The molecule has 0 spiro atoms. The van der Waals surface area contributed by atoms with Gasteiger partial charge in [0, 0.05) is 6.07 Å². The van der Waals surface area contributed by atoms with Crippen LogP contribution < -0.4 is 4.29 Å². The highest BCUT2D eigenvalue weighted by atomic mass is 35.5. The van der Waals surface area contributed by atoms with Crippen LogP contribution in [0.2, 0.25) is 0 Å². The fourth-order valence-electron chi connectivity index (χ4n) is 0.654. The Kier molecular flexibility index (Phi) is 2.66. The molecule has 0 fully saturated rings. The Balaban J connectivity index is 3.00. The summed E-state index contributed by atoms with van der Waals surface area (Å²) in [5, 5.41) is 0. The molecule has 1 aromatic carbocycles. The molecule has 1 aromatic rings. The number of hydrogen-bond acceptors (Lipinski definition) is 3. The van der Waals surface area contributed by atoms with Gasteiger partial charge in [0.25, 0.3) is 0 Å². The third-order valence-corrected chi connectivity index (χ3v) is 1.26. The molecule has 0 aliphatic rings. The zero-order valence-corrected chi connectivity index (χ0v) is 6.21. The van der Waals surface area contributed by atoms with Gasteiger partial charge in [-0.3, -0.25) is 0 Å². The van der Waals surface area contributed by atoms with Crippen molar-refractivity contribution in [1.29, 1.82) is 0 Å². The van der Waals surface area contributed by atoms with E-state index in [1.807, 2.05) is 0 Å². The predicted octanol–water partition coefficient (Wildman–Crippen LogP) is 2.19. The fraction of sp³-hybridized carbons (Fsp3) is 0. The summed E-state index contributed by atoms with van der Waals surface area (Å²) in [6.45, 7) is 0. The quantitative estimate of drug-likeness (QED) is 0.503. The van der Waals surface area contributed by atoms with E-state index < -0.39 is 0 Å². The van der Waals surface area contributed by atoms with Gasteiger partial charge in [-0.05, 0) is 12.1 Å². The van der Waals surface area contributed by atoms with Gasteiger partial charge in [0.15, 0.2) is 0 Å². The molecule has 4 heteroatoms. The highest BCUT2D eigenvalue weighted by molar-refractivity contribution is 6.09. The summed E-state index contributed by atoms with van der Waals surface area (Å²) >= 11 is 5.06. The molecule has 0 aromatic heterocycles. The second-order valence-corrected chi connectivity index (χ2v) is 1.93. The molecule has 0 saturated carbocycles. The summed E-state index contributed by atoms with van der Waals surface area (Å²) in [4.78, 5) is 13.2. The Morgan fingerprint density at radius 2 is 2.36 bits per heavy atom. The molecule has 0 atom stereocenters. The van der Waals surface area contributed by atoms with Crippen LogP contribution in [0.15, 0.2) is 29.3 Å². The van der Waals surface area contributed by atoms with Crippen molar-refractivity contribution < 1.29 is 9.08 Å². The molecule has 0 unspecified atom stereocenters. The molecule has 3 nitrogen and oxygen atoms in total. The lowest BCUT2D eigenvalue weighted by atomic mass is 10.3. The van der Waals surface area contributed by atoms with Crippen LogP contribution in [-0.2, 0) is 4.79 Å². The third-order valence-electron chi connectivity index (χ3n) is 1.08. The van der Waals surface area contributed by atoms with Gasteiger partial charge in [-0.15, -0.1) is 0 Å². The minimum Gasteiger partial charge on any atom is -0.386 e. The molecule has 0 radical (unpaired) electrons. The molecule has 0 N–H and O–H groups in total. The molecule has 0 amide bonds. The average molecular weight is 170 g/mol. The maximum atomic E-state index is 9.81. The Bertz CT molecular complexity index is 294. The van der Waals surface area contributed by atoms with Gasteiger partial charge in [-0.2, -0.15) is 4.99 Å². The maximum Gasteiger partial charge on any atom is 0.240 e. The summed E-state index contributed by atoms with van der Waals surface area (Å²) in [5.74, 6) is 0.447. The van der Waals surface area contributed by atoms with Crippen molar-refractivity contribution in [2.75, 3.05) is 0 Å². The van der Waals surface area contributed by atoms with Gasteiger partial charge < -0.3 is 4.29 Å². The first kappa shape index (κ1) is 7.79. The lowest BCUT2D eigenvalue weighted by Gasteiger charge is -1.94. The molecule has 11 heavy (non-hydrogen) atoms. The average Bonchev–Trinajstić information content (AvgIpc) is 2.06. The minimum absolute atomic E-state index is 0.447. The molecule has 0 aliphatic carbocycles. The van der Waals surface area contributed by atoms with Crippen LogP contribution in [0, 0.1) is 0 Å². The van der Waals surface area contributed by atoms with Crippen LogP contribution in [-0.4, -0.2) is 6.08 Å². The van der Waals surface area contributed by atoms with Crippen LogP contribution in [0.25, 0.3) is 0 Å². The van der Waals surface area contributed by atoms with Gasteiger partial charge >= 0.3 is 0 Å². The summed E-state index contributed by atoms with van der Waals surface area (Å²) in [7, 11) is 0. The standard InChI is InChI=1S/C7H4ClNO2/c8-11-7-3-1-2-6(4-7)9-5-10/h1-4H. The molecule has 0 aliphatic heterocycles. The SMILES string of the molecule is O=C=Nc1cccc(OCl)c1. The molecular formula is C7H4ClNO2. The van der Waals surface area contributed by atoms with Gasteiger partial charge in [0.2, 0.25) is 6.08 Å². The van der Waals surface area contributed by atoms with Crippen LogP contribution in [0.5, 0.6) is 5.75 Å². The first-order valence-electron chi connectivity index (χ1n) is 2.83. The van der Waals surface area contributed by atoms with Crippen LogP contribution in [0.3, 0.4) is 0 Å².